The molecule has 19 heavy (non-hydrogen) atoms. The van der Waals surface area contributed by atoms with Crippen LogP contribution in [0.2, 0.25) is 0 Å². The van der Waals surface area contributed by atoms with Gasteiger partial charge in [-0.1, -0.05) is 6.07 Å². The van der Waals surface area contributed by atoms with E-state index in [1.165, 1.54) is 0 Å². The van der Waals surface area contributed by atoms with Crippen molar-refractivity contribution in [2.24, 2.45) is 0 Å². The summed E-state index contributed by atoms with van der Waals surface area (Å²) in [6.07, 6.45) is 3.53. The lowest BCUT2D eigenvalue weighted by atomic mass is 10.3. The van der Waals surface area contributed by atoms with E-state index in [0.717, 1.165) is 12.2 Å². The predicted octanol–water partition coefficient (Wildman–Crippen LogP) is 0.547. The highest BCUT2D eigenvalue weighted by atomic mass is 16.4. The van der Waals surface area contributed by atoms with Gasteiger partial charge in [0.1, 0.15) is 0 Å². The summed E-state index contributed by atoms with van der Waals surface area (Å²) in [5.41, 5.74) is 0.680. The van der Waals surface area contributed by atoms with Crippen molar-refractivity contribution in [3.05, 3.63) is 42.4 Å². The van der Waals surface area contributed by atoms with E-state index < -0.39 is 11.9 Å². The van der Waals surface area contributed by atoms with Crippen LogP contribution in [-0.2, 0) is 9.59 Å². The van der Waals surface area contributed by atoms with Crippen LogP contribution in [-0.4, -0.2) is 31.6 Å². The van der Waals surface area contributed by atoms with Gasteiger partial charge in [-0.25, -0.2) is 4.79 Å². The van der Waals surface area contributed by atoms with Crippen molar-refractivity contribution in [2.45, 2.75) is 13.0 Å². The number of nitrogens with zero attached hydrogens (tertiary/aromatic N) is 3. The molecule has 0 radical (unpaired) electrons. The number of nitrogens with one attached hydrogen (secondary N) is 1. The third kappa shape index (κ3) is 2.95. The molecule has 7 heteroatoms. The van der Waals surface area contributed by atoms with E-state index >= 15 is 0 Å². The third-order valence-corrected chi connectivity index (χ3v) is 2.46. The van der Waals surface area contributed by atoms with Gasteiger partial charge in [0.15, 0.2) is 11.5 Å². The Kier molecular flexibility index (Phi) is 3.56. The summed E-state index contributed by atoms with van der Waals surface area (Å²) < 4.78 is 1.76. The first kappa shape index (κ1) is 12.7. The average Bonchev–Trinajstić information content (AvgIpc) is 2.80. The molecule has 1 atom stereocenters. The lowest BCUT2D eigenvalue weighted by Gasteiger charge is -2.10. The summed E-state index contributed by atoms with van der Waals surface area (Å²) in [4.78, 5) is 21.8. The van der Waals surface area contributed by atoms with E-state index in [1.807, 2.05) is 12.1 Å². The first-order valence-electron chi connectivity index (χ1n) is 5.59. The van der Waals surface area contributed by atoms with Crippen LogP contribution >= 0.6 is 0 Å². The molecule has 2 rings (SSSR count). The summed E-state index contributed by atoms with van der Waals surface area (Å²) in [5, 5.41) is 19.0. The van der Waals surface area contributed by atoms with Gasteiger partial charge in [0.25, 0.3) is 0 Å². The van der Waals surface area contributed by atoms with Crippen LogP contribution in [0.3, 0.4) is 0 Å². The number of carboxylic acid groups (broad SMARTS) is 1. The number of hydrogen-bond acceptors (Lipinski definition) is 4. The van der Waals surface area contributed by atoms with Gasteiger partial charge in [0, 0.05) is 18.3 Å². The fraction of sp³-hybridized carbons (Fsp3) is 0.167. The monoisotopic (exact) mass is 260 g/mol. The number of rotatable bonds is 4. The van der Waals surface area contributed by atoms with E-state index in [0.29, 0.717) is 11.5 Å². The second kappa shape index (κ2) is 5.30. The van der Waals surface area contributed by atoms with Gasteiger partial charge in [-0.2, -0.15) is 0 Å². The number of carbonyl (C=O) groups is 2. The molecular weight excluding hydrogens is 248 g/mol. The summed E-state index contributed by atoms with van der Waals surface area (Å²) in [5.74, 6) is -1.09. The highest BCUT2D eigenvalue weighted by molar-refractivity contribution is 5.93. The summed E-state index contributed by atoms with van der Waals surface area (Å²) in [6, 6.07) is 5.09. The number of carbonyl (C=O) groups excluding carboxylic acids is 1. The molecule has 0 aliphatic heterocycles. The molecule has 0 aliphatic rings. The van der Waals surface area contributed by atoms with Gasteiger partial charge in [0.05, 0.1) is 6.04 Å². The quantitative estimate of drug-likeness (QED) is 0.782. The maximum absolute atomic E-state index is 11.5. The highest BCUT2D eigenvalue weighted by Crippen LogP contribution is 2.11. The van der Waals surface area contributed by atoms with Crippen LogP contribution in [0.25, 0.3) is 5.65 Å². The zero-order valence-electron chi connectivity index (χ0n) is 10.1. The standard InChI is InChI=1S/C12H12N4O3/c1-8(13-10(17)5-6-11(18)19)12-15-14-9-4-2-3-7-16(9)12/h2-8H,1H3,(H,13,17)(H,18,19)/b6-5+. The van der Waals surface area contributed by atoms with Gasteiger partial charge < -0.3 is 10.4 Å². The molecule has 0 bridgehead atoms. The number of fused-ring (bicyclic) bond motifs is 1. The number of pyridine rings is 1. The Balaban J connectivity index is 2.14. The topological polar surface area (TPSA) is 96.6 Å². The molecule has 7 nitrogen and oxygen atoms in total. The Bertz CT molecular complexity index is 647. The first-order chi connectivity index (χ1) is 9.08. The van der Waals surface area contributed by atoms with Crippen molar-refractivity contribution in [3.63, 3.8) is 0 Å². The van der Waals surface area contributed by atoms with Crippen LogP contribution in [0.4, 0.5) is 0 Å². The van der Waals surface area contributed by atoms with Crippen LogP contribution < -0.4 is 5.32 Å². The summed E-state index contributed by atoms with van der Waals surface area (Å²) in [7, 11) is 0. The SMILES string of the molecule is CC(NC(=O)/C=C/C(=O)O)c1nnc2ccccn12. The van der Waals surface area contributed by atoms with Gasteiger partial charge in [-0.05, 0) is 19.1 Å². The molecule has 98 valence electrons. The minimum Gasteiger partial charge on any atom is -0.478 e. The van der Waals surface area contributed by atoms with E-state index in [9.17, 15) is 9.59 Å². The van der Waals surface area contributed by atoms with Crippen molar-refractivity contribution < 1.29 is 14.7 Å². The normalized spacial score (nSPS) is 12.7. The lowest BCUT2D eigenvalue weighted by Crippen LogP contribution is -2.26. The number of amides is 1. The molecule has 2 aromatic rings. The third-order valence-electron chi connectivity index (χ3n) is 2.46. The Labute approximate surface area is 108 Å². The largest absolute Gasteiger partial charge is 0.478 e. The number of hydrogen-bond donors (Lipinski definition) is 2. The first-order valence-corrected chi connectivity index (χ1v) is 5.59. The summed E-state index contributed by atoms with van der Waals surface area (Å²) >= 11 is 0. The number of aliphatic carboxylic acids is 1. The number of carboxylic acids is 1. The fourth-order valence-electron chi connectivity index (χ4n) is 1.63. The van der Waals surface area contributed by atoms with E-state index in [2.05, 4.69) is 15.5 Å². The molecule has 0 aromatic carbocycles. The second-order valence-corrected chi connectivity index (χ2v) is 3.89. The fourth-order valence-corrected chi connectivity index (χ4v) is 1.63. The maximum Gasteiger partial charge on any atom is 0.328 e. The molecule has 2 N–H and O–H groups in total. The van der Waals surface area contributed by atoms with Crippen LogP contribution in [0.15, 0.2) is 36.5 Å². The van der Waals surface area contributed by atoms with Gasteiger partial charge in [0.2, 0.25) is 5.91 Å². The minimum atomic E-state index is -1.17. The van der Waals surface area contributed by atoms with Crippen LogP contribution in [0, 0.1) is 0 Å². The zero-order chi connectivity index (χ0) is 13.8. The van der Waals surface area contributed by atoms with Gasteiger partial charge in [-0.3, -0.25) is 9.20 Å². The zero-order valence-corrected chi connectivity index (χ0v) is 10.1. The smallest absolute Gasteiger partial charge is 0.328 e. The molecule has 0 saturated carbocycles. The Morgan fingerprint density at radius 1 is 1.37 bits per heavy atom. The molecular formula is C12H12N4O3. The average molecular weight is 260 g/mol. The van der Waals surface area contributed by atoms with E-state index in [1.54, 1.807) is 23.6 Å². The molecule has 2 heterocycles. The molecule has 2 aromatic heterocycles. The lowest BCUT2D eigenvalue weighted by molar-refractivity contribution is -0.131. The molecule has 1 amide bonds. The molecule has 1 unspecified atom stereocenters. The molecule has 0 aliphatic carbocycles. The van der Waals surface area contributed by atoms with Crippen LogP contribution in [0.1, 0.15) is 18.8 Å². The maximum atomic E-state index is 11.5. The van der Waals surface area contributed by atoms with Gasteiger partial charge in [-0.15, -0.1) is 10.2 Å². The van der Waals surface area contributed by atoms with Crippen molar-refractivity contribution in [2.75, 3.05) is 0 Å². The number of aromatic nitrogens is 3. The van der Waals surface area contributed by atoms with E-state index in [-0.39, 0.29) is 6.04 Å². The Hall–Kier alpha value is -2.70. The summed E-state index contributed by atoms with van der Waals surface area (Å²) in [6.45, 7) is 1.75. The van der Waals surface area contributed by atoms with Crippen molar-refractivity contribution in [1.82, 2.24) is 19.9 Å². The predicted molar refractivity (Wildman–Crippen MR) is 66.3 cm³/mol. The Morgan fingerprint density at radius 2 is 2.16 bits per heavy atom. The minimum absolute atomic E-state index is 0.386. The molecule has 0 fully saturated rings. The van der Waals surface area contributed by atoms with Gasteiger partial charge >= 0.3 is 5.97 Å². The van der Waals surface area contributed by atoms with Crippen LogP contribution in [0.5, 0.6) is 0 Å². The Morgan fingerprint density at radius 3 is 2.89 bits per heavy atom. The highest BCUT2D eigenvalue weighted by Gasteiger charge is 2.14. The molecule has 0 spiro atoms. The van der Waals surface area contributed by atoms with E-state index in [4.69, 9.17) is 5.11 Å². The van der Waals surface area contributed by atoms with Crippen molar-refractivity contribution in [3.8, 4) is 0 Å². The molecule has 0 saturated heterocycles. The van der Waals surface area contributed by atoms with Crippen molar-refractivity contribution >= 4 is 17.5 Å². The van der Waals surface area contributed by atoms with Crippen molar-refractivity contribution in [1.29, 1.82) is 0 Å². The second-order valence-electron chi connectivity index (χ2n) is 3.89.